The molecule has 0 radical (unpaired) electrons. The molecule has 19 heavy (non-hydrogen) atoms. The van der Waals surface area contributed by atoms with Crippen molar-refractivity contribution >= 4 is 5.97 Å². The molecule has 2 nitrogen and oxygen atoms in total. The van der Waals surface area contributed by atoms with Gasteiger partial charge < -0.3 is 4.74 Å². The Morgan fingerprint density at radius 3 is 1.84 bits per heavy atom. The molecule has 0 unspecified atom stereocenters. The van der Waals surface area contributed by atoms with E-state index in [-0.39, 0.29) is 11.9 Å². The minimum absolute atomic E-state index is 0.0572. The molecule has 0 spiro atoms. The van der Waals surface area contributed by atoms with Crippen molar-refractivity contribution in [2.24, 2.45) is 17.8 Å². The van der Waals surface area contributed by atoms with Gasteiger partial charge in [-0.15, -0.1) is 0 Å². The minimum Gasteiger partial charge on any atom is -0.469 e. The van der Waals surface area contributed by atoms with Crippen molar-refractivity contribution in [1.82, 2.24) is 0 Å². The molecule has 0 aliphatic carbocycles. The van der Waals surface area contributed by atoms with E-state index in [1.54, 1.807) is 0 Å². The summed E-state index contributed by atoms with van der Waals surface area (Å²) in [6.07, 6.45) is 10.1. The summed E-state index contributed by atoms with van der Waals surface area (Å²) in [7, 11) is 1.47. The topological polar surface area (TPSA) is 26.3 Å². The Kier molecular flexibility index (Phi) is 11.0. The SMILES string of the molecule is CCC[C@@H](C)CCC[C@@H](C)CCC[C@H](C)C(=O)OC. The summed E-state index contributed by atoms with van der Waals surface area (Å²) in [5.41, 5.74) is 0. The molecule has 0 aromatic rings. The molecule has 114 valence electrons. The molecule has 0 aromatic carbocycles. The fourth-order valence-corrected chi connectivity index (χ4v) is 2.69. The van der Waals surface area contributed by atoms with Gasteiger partial charge in [0.05, 0.1) is 13.0 Å². The fourth-order valence-electron chi connectivity index (χ4n) is 2.69. The number of carbonyl (C=O) groups excluding carboxylic acids is 1. The molecule has 0 N–H and O–H groups in total. The average Bonchev–Trinajstić information content (AvgIpc) is 2.37. The summed E-state index contributed by atoms with van der Waals surface area (Å²) >= 11 is 0. The second-order valence-corrected chi connectivity index (χ2v) is 6.29. The molecule has 3 atom stereocenters. The van der Waals surface area contributed by atoms with Crippen LogP contribution >= 0.6 is 0 Å². The van der Waals surface area contributed by atoms with Crippen LogP contribution in [-0.4, -0.2) is 13.1 Å². The summed E-state index contributed by atoms with van der Waals surface area (Å²) in [6, 6.07) is 0. The van der Waals surface area contributed by atoms with Crippen molar-refractivity contribution < 1.29 is 9.53 Å². The highest BCUT2D eigenvalue weighted by Crippen LogP contribution is 2.21. The van der Waals surface area contributed by atoms with Gasteiger partial charge in [-0.2, -0.15) is 0 Å². The van der Waals surface area contributed by atoms with Crippen LogP contribution in [0.1, 0.15) is 79.1 Å². The zero-order valence-electron chi connectivity index (χ0n) is 13.7. The molecule has 0 rings (SSSR count). The number of esters is 1. The monoisotopic (exact) mass is 270 g/mol. The van der Waals surface area contributed by atoms with Crippen molar-refractivity contribution in [3.8, 4) is 0 Å². The lowest BCUT2D eigenvalue weighted by molar-refractivity contribution is -0.145. The third-order valence-electron chi connectivity index (χ3n) is 4.11. The smallest absolute Gasteiger partial charge is 0.308 e. The van der Waals surface area contributed by atoms with Gasteiger partial charge in [0.2, 0.25) is 0 Å². The van der Waals surface area contributed by atoms with Gasteiger partial charge in [0, 0.05) is 0 Å². The molecule has 0 amide bonds. The molecule has 0 aromatic heterocycles. The van der Waals surface area contributed by atoms with E-state index in [0.29, 0.717) is 0 Å². The molecule has 0 saturated carbocycles. The largest absolute Gasteiger partial charge is 0.469 e. The second-order valence-electron chi connectivity index (χ2n) is 6.29. The standard InChI is InChI=1S/C17H34O2/c1-6-9-14(2)10-7-11-15(3)12-8-13-16(4)17(18)19-5/h14-16H,6-13H2,1-5H3/t14-,15-,16+/m1/s1. The van der Waals surface area contributed by atoms with Gasteiger partial charge in [0.1, 0.15) is 0 Å². The number of hydrogen-bond donors (Lipinski definition) is 0. The Hall–Kier alpha value is -0.530. The van der Waals surface area contributed by atoms with Gasteiger partial charge in [-0.25, -0.2) is 0 Å². The number of rotatable bonds is 11. The first kappa shape index (κ1) is 18.5. The maximum Gasteiger partial charge on any atom is 0.308 e. The van der Waals surface area contributed by atoms with Gasteiger partial charge >= 0.3 is 5.97 Å². The van der Waals surface area contributed by atoms with Crippen LogP contribution in [0.4, 0.5) is 0 Å². The van der Waals surface area contributed by atoms with Gasteiger partial charge in [0.15, 0.2) is 0 Å². The highest BCUT2D eigenvalue weighted by Gasteiger charge is 2.13. The van der Waals surface area contributed by atoms with E-state index >= 15 is 0 Å². The van der Waals surface area contributed by atoms with Crippen molar-refractivity contribution in [1.29, 1.82) is 0 Å². The first-order valence-corrected chi connectivity index (χ1v) is 8.09. The summed E-state index contributed by atoms with van der Waals surface area (Å²) in [5, 5.41) is 0. The van der Waals surface area contributed by atoms with Crippen LogP contribution in [0.2, 0.25) is 0 Å². The number of ether oxygens (including phenoxy) is 1. The first-order valence-electron chi connectivity index (χ1n) is 8.09. The lowest BCUT2D eigenvalue weighted by Gasteiger charge is -2.15. The lowest BCUT2D eigenvalue weighted by Crippen LogP contribution is -2.12. The van der Waals surface area contributed by atoms with E-state index in [2.05, 4.69) is 20.8 Å². The Labute approximate surface area is 120 Å². The Morgan fingerprint density at radius 1 is 0.895 bits per heavy atom. The summed E-state index contributed by atoms with van der Waals surface area (Å²) in [6.45, 7) is 8.93. The zero-order chi connectivity index (χ0) is 14.7. The minimum atomic E-state index is -0.0685. The Morgan fingerprint density at radius 2 is 1.37 bits per heavy atom. The highest BCUT2D eigenvalue weighted by atomic mass is 16.5. The molecular weight excluding hydrogens is 236 g/mol. The summed E-state index contributed by atoms with van der Waals surface area (Å²) < 4.78 is 4.74. The molecule has 2 heteroatoms. The van der Waals surface area contributed by atoms with E-state index in [4.69, 9.17) is 4.74 Å². The molecular formula is C17H34O2. The van der Waals surface area contributed by atoms with Crippen LogP contribution in [0.3, 0.4) is 0 Å². The molecule has 0 aliphatic rings. The highest BCUT2D eigenvalue weighted by molar-refractivity contribution is 5.71. The molecule has 0 bridgehead atoms. The molecule has 0 saturated heterocycles. The van der Waals surface area contributed by atoms with Crippen LogP contribution in [0.15, 0.2) is 0 Å². The zero-order valence-corrected chi connectivity index (χ0v) is 13.7. The summed E-state index contributed by atoms with van der Waals surface area (Å²) in [5.74, 6) is 1.66. The van der Waals surface area contributed by atoms with Gasteiger partial charge in [0.25, 0.3) is 0 Å². The lowest BCUT2D eigenvalue weighted by atomic mass is 9.92. The molecule has 0 heterocycles. The maximum atomic E-state index is 11.3. The van der Waals surface area contributed by atoms with Crippen LogP contribution in [-0.2, 0) is 9.53 Å². The molecule has 0 fully saturated rings. The number of methoxy groups -OCH3 is 1. The normalized spacial score (nSPS) is 15.8. The van der Waals surface area contributed by atoms with E-state index in [1.807, 2.05) is 6.92 Å². The average molecular weight is 270 g/mol. The molecule has 0 aliphatic heterocycles. The van der Waals surface area contributed by atoms with Gasteiger partial charge in [-0.05, 0) is 18.3 Å². The number of hydrogen-bond acceptors (Lipinski definition) is 2. The second kappa shape index (κ2) is 11.3. The van der Waals surface area contributed by atoms with Crippen LogP contribution in [0, 0.1) is 17.8 Å². The van der Waals surface area contributed by atoms with E-state index in [0.717, 1.165) is 24.7 Å². The van der Waals surface area contributed by atoms with Crippen LogP contribution in [0.5, 0.6) is 0 Å². The van der Waals surface area contributed by atoms with Crippen molar-refractivity contribution in [3.05, 3.63) is 0 Å². The number of carbonyl (C=O) groups is 1. The predicted molar refractivity (Wildman–Crippen MR) is 82.1 cm³/mol. The van der Waals surface area contributed by atoms with E-state index < -0.39 is 0 Å². The van der Waals surface area contributed by atoms with E-state index in [9.17, 15) is 4.79 Å². The third kappa shape index (κ3) is 9.98. The Bertz CT molecular complexity index is 225. The van der Waals surface area contributed by atoms with Crippen LogP contribution in [0.25, 0.3) is 0 Å². The van der Waals surface area contributed by atoms with Gasteiger partial charge in [-0.3, -0.25) is 4.79 Å². The Balaban J connectivity index is 3.54. The summed E-state index contributed by atoms with van der Waals surface area (Å²) in [4.78, 5) is 11.3. The van der Waals surface area contributed by atoms with E-state index in [1.165, 1.54) is 45.6 Å². The maximum absolute atomic E-state index is 11.3. The quantitative estimate of drug-likeness (QED) is 0.482. The van der Waals surface area contributed by atoms with Crippen LogP contribution < -0.4 is 0 Å². The van der Waals surface area contributed by atoms with Crippen molar-refractivity contribution in [2.75, 3.05) is 7.11 Å². The third-order valence-corrected chi connectivity index (χ3v) is 4.11. The fraction of sp³-hybridized carbons (Fsp3) is 0.941. The van der Waals surface area contributed by atoms with Crippen molar-refractivity contribution in [3.63, 3.8) is 0 Å². The van der Waals surface area contributed by atoms with Crippen molar-refractivity contribution in [2.45, 2.75) is 79.1 Å². The van der Waals surface area contributed by atoms with Gasteiger partial charge in [-0.1, -0.05) is 72.6 Å². The first-order chi connectivity index (χ1) is 9.01. The predicted octanol–water partition coefficient (Wildman–Crippen LogP) is 5.21.